The molecule has 3 rings (SSSR count). The SMILES string of the molecule is Cc1nc(CN2CCOc3ccc(Cl)cc32)no1. The highest BCUT2D eigenvalue weighted by Gasteiger charge is 2.20. The first kappa shape index (κ1) is 11.3. The highest BCUT2D eigenvalue weighted by atomic mass is 35.5. The monoisotopic (exact) mass is 265 g/mol. The Morgan fingerprint density at radius 2 is 2.33 bits per heavy atom. The van der Waals surface area contributed by atoms with Crippen LogP contribution in [-0.2, 0) is 6.54 Å². The van der Waals surface area contributed by atoms with E-state index in [1.807, 2.05) is 18.2 Å². The summed E-state index contributed by atoms with van der Waals surface area (Å²) < 4.78 is 10.6. The molecule has 0 atom stereocenters. The molecule has 0 saturated heterocycles. The summed E-state index contributed by atoms with van der Waals surface area (Å²) in [6, 6.07) is 5.59. The van der Waals surface area contributed by atoms with Gasteiger partial charge in [0.1, 0.15) is 12.4 Å². The summed E-state index contributed by atoms with van der Waals surface area (Å²) in [5, 5.41) is 4.59. The third-order valence-corrected chi connectivity index (χ3v) is 3.02. The van der Waals surface area contributed by atoms with Gasteiger partial charge in [0.05, 0.1) is 18.8 Å². The van der Waals surface area contributed by atoms with E-state index in [1.54, 1.807) is 6.92 Å². The molecule has 5 nitrogen and oxygen atoms in total. The van der Waals surface area contributed by atoms with Gasteiger partial charge in [-0.3, -0.25) is 0 Å². The van der Waals surface area contributed by atoms with E-state index in [-0.39, 0.29) is 0 Å². The zero-order valence-electron chi connectivity index (χ0n) is 9.89. The first-order valence-electron chi connectivity index (χ1n) is 5.69. The van der Waals surface area contributed by atoms with Gasteiger partial charge in [0.15, 0.2) is 5.82 Å². The number of benzene rings is 1. The first-order valence-corrected chi connectivity index (χ1v) is 6.06. The molecule has 2 aromatic rings. The van der Waals surface area contributed by atoms with Crippen LogP contribution in [0, 0.1) is 6.92 Å². The highest BCUT2D eigenvalue weighted by molar-refractivity contribution is 6.30. The standard InChI is InChI=1S/C12H12ClN3O2/c1-8-14-12(15-18-8)7-16-4-5-17-11-3-2-9(13)6-10(11)16/h2-3,6H,4-5,7H2,1H3. The van der Waals surface area contributed by atoms with Crippen LogP contribution in [0.25, 0.3) is 0 Å². The minimum absolute atomic E-state index is 0.574. The summed E-state index contributed by atoms with van der Waals surface area (Å²) in [7, 11) is 0. The van der Waals surface area contributed by atoms with Gasteiger partial charge in [0, 0.05) is 11.9 Å². The second-order valence-corrected chi connectivity index (χ2v) is 4.55. The van der Waals surface area contributed by atoms with Crippen molar-refractivity contribution < 1.29 is 9.26 Å². The molecule has 1 aromatic heterocycles. The van der Waals surface area contributed by atoms with Crippen molar-refractivity contribution in [3.05, 3.63) is 34.9 Å². The number of nitrogens with zero attached hydrogens (tertiary/aromatic N) is 3. The van der Waals surface area contributed by atoms with Gasteiger partial charge >= 0.3 is 0 Å². The van der Waals surface area contributed by atoms with E-state index in [9.17, 15) is 0 Å². The second kappa shape index (κ2) is 4.49. The van der Waals surface area contributed by atoms with Gasteiger partial charge in [-0.1, -0.05) is 16.8 Å². The molecule has 18 heavy (non-hydrogen) atoms. The lowest BCUT2D eigenvalue weighted by Crippen LogP contribution is -2.32. The number of anilines is 1. The summed E-state index contributed by atoms with van der Waals surface area (Å²) in [6.07, 6.45) is 0. The number of aromatic nitrogens is 2. The van der Waals surface area contributed by atoms with E-state index < -0.39 is 0 Å². The lowest BCUT2D eigenvalue weighted by Gasteiger charge is -2.30. The van der Waals surface area contributed by atoms with Gasteiger partial charge in [-0.15, -0.1) is 0 Å². The third kappa shape index (κ3) is 2.13. The Hall–Kier alpha value is -1.75. The fourth-order valence-corrected chi connectivity index (χ4v) is 2.15. The van der Waals surface area contributed by atoms with Gasteiger partial charge in [0.25, 0.3) is 0 Å². The molecular formula is C12H12ClN3O2. The summed E-state index contributed by atoms with van der Waals surface area (Å²) >= 11 is 6.02. The molecule has 0 bridgehead atoms. The Balaban J connectivity index is 1.88. The van der Waals surface area contributed by atoms with Crippen molar-refractivity contribution in [2.75, 3.05) is 18.1 Å². The van der Waals surface area contributed by atoms with Crippen molar-refractivity contribution in [1.29, 1.82) is 0 Å². The zero-order valence-corrected chi connectivity index (χ0v) is 10.6. The maximum Gasteiger partial charge on any atom is 0.223 e. The smallest absolute Gasteiger partial charge is 0.223 e. The highest BCUT2D eigenvalue weighted by Crippen LogP contribution is 2.34. The minimum atomic E-state index is 0.574. The van der Waals surface area contributed by atoms with E-state index in [0.717, 1.165) is 18.0 Å². The molecular weight excluding hydrogens is 254 g/mol. The minimum Gasteiger partial charge on any atom is -0.490 e. The van der Waals surface area contributed by atoms with Crippen molar-refractivity contribution in [2.24, 2.45) is 0 Å². The van der Waals surface area contributed by atoms with Gasteiger partial charge in [-0.25, -0.2) is 0 Å². The van der Waals surface area contributed by atoms with Crippen LogP contribution in [0.4, 0.5) is 5.69 Å². The average Bonchev–Trinajstić information content (AvgIpc) is 2.76. The fraction of sp³-hybridized carbons (Fsp3) is 0.333. The van der Waals surface area contributed by atoms with E-state index >= 15 is 0 Å². The summed E-state index contributed by atoms with van der Waals surface area (Å²) in [5.41, 5.74) is 0.969. The molecule has 94 valence electrons. The van der Waals surface area contributed by atoms with Crippen LogP contribution in [-0.4, -0.2) is 23.3 Å². The van der Waals surface area contributed by atoms with E-state index in [1.165, 1.54) is 0 Å². The van der Waals surface area contributed by atoms with Crippen LogP contribution < -0.4 is 9.64 Å². The molecule has 0 amide bonds. The topological polar surface area (TPSA) is 51.4 Å². The molecule has 6 heteroatoms. The predicted molar refractivity (Wildman–Crippen MR) is 67.0 cm³/mol. The Labute approximate surface area is 109 Å². The maximum absolute atomic E-state index is 6.02. The van der Waals surface area contributed by atoms with E-state index in [0.29, 0.717) is 29.9 Å². The quantitative estimate of drug-likeness (QED) is 0.835. The number of ether oxygens (including phenoxy) is 1. The largest absolute Gasteiger partial charge is 0.490 e. The van der Waals surface area contributed by atoms with Gasteiger partial charge in [-0.05, 0) is 18.2 Å². The predicted octanol–water partition coefficient (Wildman–Crippen LogP) is 2.43. The lowest BCUT2D eigenvalue weighted by molar-refractivity contribution is 0.305. The molecule has 2 heterocycles. The molecule has 0 N–H and O–H groups in total. The normalized spacial score (nSPS) is 14.2. The fourth-order valence-electron chi connectivity index (χ4n) is 1.99. The maximum atomic E-state index is 6.02. The van der Waals surface area contributed by atoms with Crippen LogP contribution in [0.15, 0.2) is 22.7 Å². The molecule has 1 aromatic carbocycles. The number of fused-ring (bicyclic) bond motifs is 1. The molecule has 1 aliphatic rings. The Kier molecular flexibility index (Phi) is 2.83. The van der Waals surface area contributed by atoms with Crippen molar-refractivity contribution in [1.82, 2.24) is 10.1 Å². The molecule has 0 aliphatic carbocycles. The third-order valence-electron chi connectivity index (χ3n) is 2.78. The number of rotatable bonds is 2. The first-order chi connectivity index (χ1) is 8.72. The number of halogens is 1. The van der Waals surface area contributed by atoms with Crippen LogP contribution in [0.5, 0.6) is 5.75 Å². The molecule has 0 radical (unpaired) electrons. The van der Waals surface area contributed by atoms with Crippen LogP contribution in [0.2, 0.25) is 5.02 Å². The van der Waals surface area contributed by atoms with Gasteiger partial charge < -0.3 is 14.2 Å². The lowest BCUT2D eigenvalue weighted by atomic mass is 10.2. The Morgan fingerprint density at radius 1 is 1.44 bits per heavy atom. The summed E-state index contributed by atoms with van der Waals surface area (Å²) in [5.74, 6) is 2.08. The van der Waals surface area contributed by atoms with Crippen LogP contribution in [0.1, 0.15) is 11.7 Å². The summed E-state index contributed by atoms with van der Waals surface area (Å²) in [6.45, 7) is 3.79. The number of hydrogen-bond donors (Lipinski definition) is 0. The zero-order chi connectivity index (χ0) is 12.5. The molecule has 1 aliphatic heterocycles. The van der Waals surface area contributed by atoms with Gasteiger partial charge in [-0.2, -0.15) is 4.98 Å². The second-order valence-electron chi connectivity index (χ2n) is 4.11. The summed E-state index contributed by atoms with van der Waals surface area (Å²) in [4.78, 5) is 6.34. The number of aryl methyl sites for hydroxylation is 1. The number of hydrogen-bond acceptors (Lipinski definition) is 5. The molecule has 0 spiro atoms. The van der Waals surface area contributed by atoms with Crippen LogP contribution in [0.3, 0.4) is 0 Å². The van der Waals surface area contributed by atoms with Crippen molar-refractivity contribution in [3.63, 3.8) is 0 Å². The van der Waals surface area contributed by atoms with Crippen molar-refractivity contribution in [2.45, 2.75) is 13.5 Å². The molecule has 0 unspecified atom stereocenters. The Morgan fingerprint density at radius 3 is 3.11 bits per heavy atom. The molecule has 0 saturated carbocycles. The Bertz CT molecular complexity index is 570. The van der Waals surface area contributed by atoms with E-state index in [4.69, 9.17) is 20.9 Å². The van der Waals surface area contributed by atoms with Gasteiger partial charge in [0.2, 0.25) is 5.89 Å². The van der Waals surface area contributed by atoms with E-state index in [2.05, 4.69) is 15.0 Å². The molecule has 0 fully saturated rings. The van der Waals surface area contributed by atoms with Crippen molar-refractivity contribution >= 4 is 17.3 Å². The van der Waals surface area contributed by atoms with Crippen molar-refractivity contribution in [3.8, 4) is 5.75 Å². The average molecular weight is 266 g/mol. The van der Waals surface area contributed by atoms with Crippen LogP contribution >= 0.6 is 11.6 Å².